The summed E-state index contributed by atoms with van der Waals surface area (Å²) in [6, 6.07) is 0.608. The van der Waals surface area contributed by atoms with Crippen molar-refractivity contribution in [1.29, 1.82) is 0 Å². The van der Waals surface area contributed by atoms with E-state index in [0.717, 1.165) is 12.3 Å². The molecule has 2 fully saturated rings. The van der Waals surface area contributed by atoms with E-state index in [1.54, 1.807) is 0 Å². The molecule has 1 aliphatic carbocycles. The molecule has 0 radical (unpaired) electrons. The summed E-state index contributed by atoms with van der Waals surface area (Å²) in [6.07, 6.45) is 2.94. The van der Waals surface area contributed by atoms with Gasteiger partial charge in [-0.25, -0.2) is 0 Å². The van der Waals surface area contributed by atoms with Gasteiger partial charge in [0.05, 0.1) is 12.3 Å². The Bertz CT molecular complexity index is 309. The highest BCUT2D eigenvalue weighted by Gasteiger charge is 2.47. The summed E-state index contributed by atoms with van der Waals surface area (Å²) in [7, 11) is -3.67. The molecule has 6 nitrogen and oxygen atoms in total. The van der Waals surface area contributed by atoms with Gasteiger partial charge in [0, 0.05) is 6.04 Å². The van der Waals surface area contributed by atoms with Gasteiger partial charge in [-0.15, -0.1) is 0 Å². The number of primary amides is 1. The van der Waals surface area contributed by atoms with Gasteiger partial charge in [0.2, 0.25) is 5.91 Å². The molecule has 2 rings (SSSR count). The predicted octanol–water partition coefficient (Wildman–Crippen LogP) is -1.27. The van der Waals surface area contributed by atoms with Gasteiger partial charge in [0.25, 0.3) is 10.1 Å². The second-order valence-corrected chi connectivity index (χ2v) is 5.16. The molecular weight excluding hydrogens is 208 g/mol. The highest BCUT2D eigenvalue weighted by atomic mass is 32.2. The van der Waals surface area contributed by atoms with Gasteiger partial charge in [0.1, 0.15) is 0 Å². The fourth-order valence-electron chi connectivity index (χ4n) is 1.54. The average molecular weight is 222 g/mol. The predicted molar refractivity (Wildman–Crippen MR) is 50.1 cm³/mol. The molecule has 0 bridgehead atoms. The first-order valence-corrected chi connectivity index (χ1v) is 6.10. The van der Waals surface area contributed by atoms with Crippen LogP contribution in [0, 0.1) is 5.92 Å². The normalized spacial score (nSPS) is 34.0. The van der Waals surface area contributed by atoms with E-state index in [1.807, 2.05) is 0 Å². The third-order valence-corrected chi connectivity index (χ3v) is 2.22. The first kappa shape index (κ1) is 11.4. The fraction of sp³-hybridized carbons (Fsp3) is 0.857. The lowest BCUT2D eigenvalue weighted by Gasteiger charge is -2.06. The summed E-state index contributed by atoms with van der Waals surface area (Å²) in [6.45, 7) is 0. The number of hydrogen-bond acceptors (Lipinski definition) is 4. The van der Waals surface area contributed by atoms with Crippen molar-refractivity contribution in [3.05, 3.63) is 0 Å². The van der Waals surface area contributed by atoms with E-state index in [1.165, 1.54) is 6.42 Å². The van der Waals surface area contributed by atoms with E-state index < -0.39 is 10.1 Å². The van der Waals surface area contributed by atoms with Crippen LogP contribution in [0.5, 0.6) is 0 Å². The van der Waals surface area contributed by atoms with Crippen LogP contribution in [0.3, 0.4) is 0 Å². The van der Waals surface area contributed by atoms with Crippen molar-refractivity contribution in [2.75, 3.05) is 6.26 Å². The first-order valence-electron chi connectivity index (χ1n) is 4.25. The second kappa shape index (κ2) is 3.84. The minimum atomic E-state index is -3.67. The van der Waals surface area contributed by atoms with Crippen molar-refractivity contribution in [2.45, 2.75) is 24.9 Å². The van der Waals surface area contributed by atoms with Crippen LogP contribution < -0.4 is 11.1 Å². The molecule has 1 amide bonds. The number of carbonyl (C=O) groups excluding carboxylic acids is 1. The van der Waals surface area contributed by atoms with Crippen LogP contribution in [0.25, 0.3) is 0 Å². The van der Waals surface area contributed by atoms with E-state index in [2.05, 4.69) is 5.32 Å². The van der Waals surface area contributed by atoms with Gasteiger partial charge in [-0.3, -0.25) is 9.35 Å². The van der Waals surface area contributed by atoms with Gasteiger partial charge in [0.15, 0.2) is 0 Å². The topological polar surface area (TPSA) is 109 Å². The van der Waals surface area contributed by atoms with Gasteiger partial charge in [-0.2, -0.15) is 8.42 Å². The van der Waals surface area contributed by atoms with Gasteiger partial charge in [-0.1, -0.05) is 0 Å². The SMILES string of the molecule is CS(=O)(=O)O.NC(=O)[C@@H]1C[C@H]2C[C@@H]2N1. The zero-order valence-electron chi connectivity index (χ0n) is 7.80. The molecule has 1 aliphatic heterocycles. The van der Waals surface area contributed by atoms with E-state index in [-0.39, 0.29) is 11.9 Å². The Hall–Kier alpha value is -0.660. The number of fused-ring (bicyclic) bond motifs is 1. The summed E-state index contributed by atoms with van der Waals surface area (Å²) in [4.78, 5) is 10.5. The van der Waals surface area contributed by atoms with Gasteiger partial charge >= 0.3 is 0 Å². The Labute approximate surface area is 82.6 Å². The smallest absolute Gasteiger partial charge is 0.261 e. The van der Waals surface area contributed by atoms with Crippen LogP contribution in [0.1, 0.15) is 12.8 Å². The summed E-state index contributed by atoms with van der Waals surface area (Å²) in [5.74, 6) is 0.574. The maximum atomic E-state index is 10.5. The summed E-state index contributed by atoms with van der Waals surface area (Å²) in [5, 5.41) is 3.15. The summed E-state index contributed by atoms with van der Waals surface area (Å²) < 4.78 is 25.9. The molecular formula is C7H14N2O4S. The minimum Gasteiger partial charge on any atom is -0.368 e. The van der Waals surface area contributed by atoms with Gasteiger partial charge in [-0.05, 0) is 18.8 Å². The lowest BCUT2D eigenvalue weighted by molar-refractivity contribution is -0.119. The molecule has 3 atom stereocenters. The molecule has 7 heteroatoms. The van der Waals surface area contributed by atoms with Crippen LogP contribution >= 0.6 is 0 Å². The third-order valence-electron chi connectivity index (χ3n) is 2.22. The first-order chi connectivity index (χ1) is 6.27. The molecule has 1 saturated heterocycles. The van der Waals surface area contributed by atoms with E-state index in [0.29, 0.717) is 12.3 Å². The zero-order valence-corrected chi connectivity index (χ0v) is 8.62. The highest BCUT2D eigenvalue weighted by molar-refractivity contribution is 7.85. The molecule has 0 aromatic carbocycles. The fourth-order valence-corrected chi connectivity index (χ4v) is 1.54. The molecule has 14 heavy (non-hydrogen) atoms. The van der Waals surface area contributed by atoms with Crippen LogP contribution in [-0.4, -0.2) is 37.2 Å². The van der Waals surface area contributed by atoms with Crippen molar-refractivity contribution >= 4 is 16.0 Å². The van der Waals surface area contributed by atoms with Crippen molar-refractivity contribution in [3.63, 3.8) is 0 Å². The molecule has 0 aromatic heterocycles. The number of amides is 1. The summed E-state index contributed by atoms with van der Waals surface area (Å²) in [5.41, 5.74) is 5.08. The van der Waals surface area contributed by atoms with Crippen LogP contribution in [0.4, 0.5) is 0 Å². The monoisotopic (exact) mass is 222 g/mol. The maximum absolute atomic E-state index is 10.5. The van der Waals surface area contributed by atoms with E-state index in [4.69, 9.17) is 10.3 Å². The van der Waals surface area contributed by atoms with Crippen molar-refractivity contribution in [3.8, 4) is 0 Å². The molecule has 0 unspecified atom stereocenters. The number of hydrogen-bond donors (Lipinski definition) is 3. The zero-order chi connectivity index (χ0) is 10.9. The Kier molecular flexibility index (Phi) is 3.13. The standard InChI is InChI=1S/C6H10N2O.CH4O3S/c7-6(9)5-2-3-1-4(3)8-5;1-5(2,3)4/h3-5,8H,1-2H2,(H2,7,9);1H3,(H,2,3,4)/t3-,4+,5+;/m1./s1. The van der Waals surface area contributed by atoms with Crippen molar-refractivity contribution < 1.29 is 17.8 Å². The van der Waals surface area contributed by atoms with Crippen LogP contribution in [0.15, 0.2) is 0 Å². The van der Waals surface area contributed by atoms with Gasteiger partial charge < -0.3 is 11.1 Å². The molecule has 1 heterocycles. The number of carbonyl (C=O) groups is 1. The Morgan fingerprint density at radius 3 is 2.21 bits per heavy atom. The maximum Gasteiger partial charge on any atom is 0.261 e. The minimum absolute atomic E-state index is 0.0197. The molecule has 4 N–H and O–H groups in total. The Balaban J connectivity index is 0.000000171. The second-order valence-electron chi connectivity index (χ2n) is 3.69. The number of nitrogens with one attached hydrogen (secondary N) is 1. The van der Waals surface area contributed by atoms with E-state index in [9.17, 15) is 13.2 Å². The number of nitrogens with two attached hydrogens (primary N) is 1. The van der Waals surface area contributed by atoms with Crippen molar-refractivity contribution in [2.24, 2.45) is 11.7 Å². The van der Waals surface area contributed by atoms with Crippen LogP contribution in [-0.2, 0) is 14.9 Å². The number of piperidine rings is 1. The lowest BCUT2D eigenvalue weighted by Crippen LogP contribution is -2.38. The summed E-state index contributed by atoms with van der Waals surface area (Å²) >= 11 is 0. The molecule has 2 aliphatic rings. The molecule has 82 valence electrons. The average Bonchev–Trinajstić information content (AvgIpc) is 2.55. The van der Waals surface area contributed by atoms with Crippen LogP contribution in [0.2, 0.25) is 0 Å². The highest BCUT2D eigenvalue weighted by Crippen LogP contribution is 2.40. The molecule has 0 aromatic rings. The number of rotatable bonds is 1. The Morgan fingerprint density at radius 1 is 1.50 bits per heavy atom. The molecule has 1 saturated carbocycles. The quantitative estimate of drug-likeness (QED) is 0.479. The largest absolute Gasteiger partial charge is 0.368 e. The lowest BCUT2D eigenvalue weighted by atomic mass is 10.2. The van der Waals surface area contributed by atoms with E-state index >= 15 is 0 Å². The molecule has 0 spiro atoms. The third kappa shape index (κ3) is 4.03. The Morgan fingerprint density at radius 2 is 2.00 bits per heavy atom. The van der Waals surface area contributed by atoms with Crippen molar-refractivity contribution in [1.82, 2.24) is 5.32 Å².